The normalized spacial score (nSPS) is 10.3. The van der Waals surface area contributed by atoms with E-state index in [0.717, 1.165) is 16.7 Å². The van der Waals surface area contributed by atoms with Gasteiger partial charge in [0, 0.05) is 24.6 Å². The number of amides is 2. The van der Waals surface area contributed by atoms with Gasteiger partial charge in [-0.05, 0) is 31.0 Å². The number of hydrogen-bond donors (Lipinski definition) is 1. The van der Waals surface area contributed by atoms with Crippen LogP contribution in [0.5, 0.6) is 5.75 Å². The molecule has 2 aromatic rings. The van der Waals surface area contributed by atoms with E-state index in [1.807, 2.05) is 38.1 Å². The Labute approximate surface area is 158 Å². The van der Waals surface area contributed by atoms with Gasteiger partial charge in [0.05, 0.1) is 12.8 Å². The fraction of sp³-hybridized carbons (Fsp3) is 0.300. The van der Waals surface area contributed by atoms with Gasteiger partial charge >= 0.3 is 0 Å². The van der Waals surface area contributed by atoms with Crippen LogP contribution in [0, 0.1) is 13.8 Å². The number of carbonyl (C=O) groups is 2. The predicted octanol–water partition coefficient (Wildman–Crippen LogP) is 3.95. The Bertz CT molecular complexity index is 803. The van der Waals surface area contributed by atoms with E-state index in [1.165, 1.54) is 18.9 Å². The van der Waals surface area contributed by atoms with Crippen LogP contribution in [0.25, 0.3) is 0 Å². The Kier molecular flexibility index (Phi) is 6.64. The molecule has 26 heavy (non-hydrogen) atoms. The fourth-order valence-corrected chi connectivity index (χ4v) is 2.64. The van der Waals surface area contributed by atoms with Crippen molar-refractivity contribution < 1.29 is 14.3 Å². The molecule has 6 heteroatoms. The zero-order chi connectivity index (χ0) is 19.3. The molecular formula is C20H23ClN2O3. The maximum Gasteiger partial charge on any atom is 0.244 e. The van der Waals surface area contributed by atoms with Gasteiger partial charge in [-0.3, -0.25) is 9.59 Å². The van der Waals surface area contributed by atoms with E-state index >= 15 is 0 Å². The lowest BCUT2D eigenvalue weighted by Crippen LogP contribution is -2.36. The lowest BCUT2D eigenvalue weighted by atomic mass is 10.1. The standard InChI is InChI=1S/C20H23ClN2O3/c1-13-5-7-16(8-6-13)11-23(15(3)24)12-20(25)22-18-9-14(2)17(21)10-19(18)26-4/h5-10H,11-12H2,1-4H3,(H,22,25). The molecule has 0 saturated carbocycles. The van der Waals surface area contributed by atoms with E-state index in [0.29, 0.717) is 23.0 Å². The third-order valence-corrected chi connectivity index (χ3v) is 4.44. The van der Waals surface area contributed by atoms with Gasteiger partial charge in [0.1, 0.15) is 12.3 Å². The summed E-state index contributed by atoms with van der Waals surface area (Å²) in [7, 11) is 1.51. The number of benzene rings is 2. The van der Waals surface area contributed by atoms with Crippen molar-refractivity contribution in [1.29, 1.82) is 0 Å². The Hall–Kier alpha value is -2.53. The van der Waals surface area contributed by atoms with Crippen molar-refractivity contribution in [3.63, 3.8) is 0 Å². The molecule has 0 aliphatic heterocycles. The average Bonchev–Trinajstić information content (AvgIpc) is 2.59. The molecule has 2 rings (SSSR count). The Morgan fingerprint density at radius 2 is 1.81 bits per heavy atom. The average molecular weight is 375 g/mol. The number of aryl methyl sites for hydroxylation is 2. The van der Waals surface area contributed by atoms with Gasteiger partial charge in [-0.2, -0.15) is 0 Å². The largest absolute Gasteiger partial charge is 0.495 e. The first kappa shape index (κ1) is 19.8. The molecule has 0 heterocycles. The van der Waals surface area contributed by atoms with Gasteiger partial charge in [-0.15, -0.1) is 0 Å². The van der Waals surface area contributed by atoms with Crippen molar-refractivity contribution in [2.75, 3.05) is 19.0 Å². The van der Waals surface area contributed by atoms with Gasteiger partial charge < -0.3 is 15.0 Å². The van der Waals surface area contributed by atoms with Crippen LogP contribution in [0.15, 0.2) is 36.4 Å². The van der Waals surface area contributed by atoms with Crippen LogP contribution in [-0.2, 0) is 16.1 Å². The summed E-state index contributed by atoms with van der Waals surface area (Å²) in [5, 5.41) is 3.35. The van der Waals surface area contributed by atoms with E-state index < -0.39 is 0 Å². The molecule has 0 aliphatic rings. The summed E-state index contributed by atoms with van der Waals surface area (Å²) in [5.41, 5.74) is 3.47. The molecule has 0 radical (unpaired) electrons. The van der Waals surface area contributed by atoms with Gasteiger partial charge in [-0.1, -0.05) is 41.4 Å². The minimum Gasteiger partial charge on any atom is -0.495 e. The highest BCUT2D eigenvalue weighted by Crippen LogP contribution is 2.30. The number of hydrogen-bond acceptors (Lipinski definition) is 3. The molecule has 5 nitrogen and oxygen atoms in total. The van der Waals surface area contributed by atoms with Gasteiger partial charge in [0.15, 0.2) is 0 Å². The number of methoxy groups -OCH3 is 1. The SMILES string of the molecule is COc1cc(Cl)c(C)cc1NC(=O)CN(Cc1ccc(C)cc1)C(C)=O. The second-order valence-electron chi connectivity index (χ2n) is 6.21. The summed E-state index contributed by atoms with van der Waals surface area (Å²) >= 11 is 6.08. The number of halogens is 1. The van der Waals surface area contributed by atoms with Crippen LogP contribution in [0.4, 0.5) is 5.69 Å². The first-order valence-corrected chi connectivity index (χ1v) is 8.63. The van der Waals surface area contributed by atoms with Crippen molar-refractivity contribution >= 4 is 29.1 Å². The molecule has 0 unspecified atom stereocenters. The second kappa shape index (κ2) is 8.72. The Balaban J connectivity index is 2.09. The number of anilines is 1. The zero-order valence-electron chi connectivity index (χ0n) is 15.4. The highest BCUT2D eigenvalue weighted by Gasteiger charge is 2.16. The second-order valence-corrected chi connectivity index (χ2v) is 6.62. The number of nitrogens with zero attached hydrogens (tertiary/aromatic N) is 1. The molecule has 0 aliphatic carbocycles. The number of ether oxygens (including phenoxy) is 1. The van der Waals surface area contributed by atoms with Crippen LogP contribution >= 0.6 is 11.6 Å². The highest BCUT2D eigenvalue weighted by atomic mass is 35.5. The molecule has 0 saturated heterocycles. The van der Waals surface area contributed by atoms with Crippen LogP contribution in [0.1, 0.15) is 23.6 Å². The molecule has 1 N–H and O–H groups in total. The van der Waals surface area contributed by atoms with Crippen molar-refractivity contribution in [3.05, 3.63) is 58.1 Å². The van der Waals surface area contributed by atoms with E-state index in [2.05, 4.69) is 5.32 Å². The van der Waals surface area contributed by atoms with Crippen molar-refractivity contribution in [3.8, 4) is 5.75 Å². The van der Waals surface area contributed by atoms with E-state index in [1.54, 1.807) is 12.1 Å². The van der Waals surface area contributed by atoms with Crippen LogP contribution < -0.4 is 10.1 Å². The van der Waals surface area contributed by atoms with Gasteiger partial charge in [0.2, 0.25) is 11.8 Å². The lowest BCUT2D eigenvalue weighted by Gasteiger charge is -2.21. The molecule has 0 aromatic heterocycles. The highest BCUT2D eigenvalue weighted by molar-refractivity contribution is 6.31. The Morgan fingerprint density at radius 1 is 1.15 bits per heavy atom. The van der Waals surface area contributed by atoms with Gasteiger partial charge in [-0.25, -0.2) is 0 Å². The van der Waals surface area contributed by atoms with E-state index in [-0.39, 0.29) is 18.4 Å². The molecule has 0 atom stereocenters. The maximum absolute atomic E-state index is 12.4. The minimum absolute atomic E-state index is 0.0476. The molecule has 138 valence electrons. The van der Waals surface area contributed by atoms with Gasteiger partial charge in [0.25, 0.3) is 0 Å². The minimum atomic E-state index is -0.299. The quantitative estimate of drug-likeness (QED) is 0.832. The molecule has 0 spiro atoms. The summed E-state index contributed by atoms with van der Waals surface area (Å²) in [6, 6.07) is 11.3. The van der Waals surface area contributed by atoms with Crippen molar-refractivity contribution in [1.82, 2.24) is 4.90 Å². The summed E-state index contributed by atoms with van der Waals surface area (Å²) in [5.74, 6) is 0.00849. The molecule has 2 aromatic carbocycles. The first-order chi connectivity index (χ1) is 12.3. The summed E-state index contributed by atoms with van der Waals surface area (Å²) in [4.78, 5) is 25.9. The lowest BCUT2D eigenvalue weighted by molar-refractivity contribution is -0.133. The monoisotopic (exact) mass is 374 g/mol. The molecular weight excluding hydrogens is 352 g/mol. The van der Waals surface area contributed by atoms with Crippen molar-refractivity contribution in [2.45, 2.75) is 27.3 Å². The number of carbonyl (C=O) groups excluding carboxylic acids is 2. The third-order valence-electron chi connectivity index (χ3n) is 4.03. The van der Waals surface area contributed by atoms with Crippen LogP contribution in [0.3, 0.4) is 0 Å². The maximum atomic E-state index is 12.4. The third kappa shape index (κ3) is 5.23. The number of rotatable bonds is 6. The number of nitrogens with one attached hydrogen (secondary N) is 1. The first-order valence-electron chi connectivity index (χ1n) is 8.25. The smallest absolute Gasteiger partial charge is 0.244 e. The van der Waals surface area contributed by atoms with Crippen LogP contribution in [0.2, 0.25) is 5.02 Å². The molecule has 0 fully saturated rings. The van der Waals surface area contributed by atoms with E-state index in [9.17, 15) is 9.59 Å². The summed E-state index contributed by atoms with van der Waals surface area (Å²) < 4.78 is 5.26. The summed E-state index contributed by atoms with van der Waals surface area (Å²) in [6.45, 7) is 5.63. The topological polar surface area (TPSA) is 58.6 Å². The van der Waals surface area contributed by atoms with Crippen LogP contribution in [-0.4, -0.2) is 30.4 Å². The molecule has 0 bridgehead atoms. The summed E-state index contributed by atoms with van der Waals surface area (Å²) in [6.07, 6.45) is 0. The fourth-order valence-electron chi connectivity index (χ4n) is 2.49. The predicted molar refractivity (Wildman–Crippen MR) is 104 cm³/mol. The Morgan fingerprint density at radius 3 is 2.38 bits per heavy atom. The molecule has 2 amide bonds. The zero-order valence-corrected chi connectivity index (χ0v) is 16.2. The van der Waals surface area contributed by atoms with Crippen molar-refractivity contribution in [2.24, 2.45) is 0 Å². The van der Waals surface area contributed by atoms with E-state index in [4.69, 9.17) is 16.3 Å².